The zero-order chi connectivity index (χ0) is 12.5. The Morgan fingerprint density at radius 1 is 1.06 bits per heavy atom. The Balaban J connectivity index is 2.00. The summed E-state index contributed by atoms with van der Waals surface area (Å²) in [6, 6.07) is 15.5. The Labute approximate surface area is 106 Å². The monoisotopic (exact) mass is 238 g/mol. The van der Waals surface area contributed by atoms with Crippen molar-refractivity contribution in [2.45, 2.75) is 19.4 Å². The maximum absolute atomic E-state index is 12.1. The van der Waals surface area contributed by atoms with Gasteiger partial charge in [0.2, 0.25) is 0 Å². The van der Waals surface area contributed by atoms with Crippen molar-refractivity contribution in [3.63, 3.8) is 0 Å². The lowest BCUT2D eigenvalue weighted by Crippen LogP contribution is -2.20. The summed E-state index contributed by atoms with van der Waals surface area (Å²) in [6.45, 7) is 2.05. The quantitative estimate of drug-likeness (QED) is 0.757. The molecule has 0 saturated heterocycles. The summed E-state index contributed by atoms with van der Waals surface area (Å²) >= 11 is 0. The second-order valence-electron chi connectivity index (χ2n) is 4.59. The van der Waals surface area contributed by atoms with E-state index in [2.05, 4.69) is 0 Å². The van der Waals surface area contributed by atoms with Crippen LogP contribution in [0.25, 0.3) is 0 Å². The van der Waals surface area contributed by atoms with Gasteiger partial charge in [-0.3, -0.25) is 4.79 Å². The standard InChI is InChI=1S/C16H14O2/c1-11-6-2-3-7-12(11)16-10-14(17)13-8-4-5-9-15(13)18-16/h2-9,16H,10H2,1H3. The van der Waals surface area contributed by atoms with E-state index in [1.165, 1.54) is 0 Å². The first-order valence-electron chi connectivity index (χ1n) is 6.10. The van der Waals surface area contributed by atoms with E-state index < -0.39 is 0 Å². The molecule has 0 bridgehead atoms. The number of benzene rings is 2. The number of carbonyl (C=O) groups is 1. The SMILES string of the molecule is Cc1ccccc1C1CC(=O)c2ccccc2O1. The normalized spacial score (nSPS) is 18.1. The van der Waals surface area contributed by atoms with Crippen LogP contribution in [0.15, 0.2) is 48.5 Å². The topological polar surface area (TPSA) is 26.3 Å². The molecule has 0 aromatic heterocycles. The molecule has 0 N–H and O–H groups in total. The molecule has 2 aromatic carbocycles. The Morgan fingerprint density at radius 3 is 2.61 bits per heavy atom. The smallest absolute Gasteiger partial charge is 0.170 e. The van der Waals surface area contributed by atoms with Gasteiger partial charge in [0.25, 0.3) is 0 Å². The predicted octanol–water partition coefficient (Wildman–Crippen LogP) is 3.70. The van der Waals surface area contributed by atoms with Gasteiger partial charge >= 0.3 is 0 Å². The lowest BCUT2D eigenvalue weighted by Gasteiger charge is -2.26. The lowest BCUT2D eigenvalue weighted by molar-refractivity contribution is 0.0849. The molecule has 0 radical (unpaired) electrons. The van der Waals surface area contributed by atoms with Crippen LogP contribution in [0.3, 0.4) is 0 Å². The largest absolute Gasteiger partial charge is 0.484 e. The first-order valence-corrected chi connectivity index (χ1v) is 6.10. The Hall–Kier alpha value is -2.09. The van der Waals surface area contributed by atoms with Crippen LogP contribution in [-0.2, 0) is 0 Å². The lowest BCUT2D eigenvalue weighted by atomic mass is 9.94. The number of ketones is 1. The Bertz CT molecular complexity index is 602. The molecule has 2 nitrogen and oxygen atoms in total. The van der Waals surface area contributed by atoms with Gasteiger partial charge in [0.15, 0.2) is 5.78 Å². The van der Waals surface area contributed by atoms with Gasteiger partial charge in [-0.2, -0.15) is 0 Å². The van der Waals surface area contributed by atoms with Crippen molar-refractivity contribution < 1.29 is 9.53 Å². The van der Waals surface area contributed by atoms with E-state index in [1.54, 1.807) is 0 Å². The van der Waals surface area contributed by atoms with Gasteiger partial charge in [0.1, 0.15) is 11.9 Å². The summed E-state index contributed by atoms with van der Waals surface area (Å²) in [4.78, 5) is 12.1. The molecule has 0 saturated carbocycles. The van der Waals surface area contributed by atoms with E-state index in [4.69, 9.17) is 4.74 Å². The van der Waals surface area contributed by atoms with Crippen molar-refractivity contribution >= 4 is 5.78 Å². The number of aryl methyl sites for hydroxylation is 1. The first kappa shape index (κ1) is 11.0. The number of carbonyl (C=O) groups excluding carboxylic acids is 1. The van der Waals surface area contributed by atoms with Crippen LogP contribution in [0.4, 0.5) is 0 Å². The van der Waals surface area contributed by atoms with Crippen LogP contribution < -0.4 is 4.74 Å². The van der Waals surface area contributed by atoms with Crippen molar-refractivity contribution in [2.24, 2.45) is 0 Å². The minimum Gasteiger partial charge on any atom is -0.484 e. The third kappa shape index (κ3) is 1.80. The molecule has 2 heteroatoms. The molecule has 0 aliphatic carbocycles. The van der Waals surface area contributed by atoms with E-state index >= 15 is 0 Å². The highest BCUT2D eigenvalue weighted by Gasteiger charge is 2.27. The van der Waals surface area contributed by atoms with E-state index in [9.17, 15) is 4.79 Å². The van der Waals surface area contributed by atoms with Gasteiger partial charge in [-0.05, 0) is 30.2 Å². The molecule has 3 rings (SSSR count). The summed E-state index contributed by atoms with van der Waals surface area (Å²) in [6.07, 6.45) is 0.260. The van der Waals surface area contributed by atoms with Crippen molar-refractivity contribution in [3.05, 3.63) is 65.2 Å². The maximum Gasteiger partial charge on any atom is 0.170 e. The highest BCUT2D eigenvalue weighted by Crippen LogP contribution is 2.35. The fourth-order valence-electron chi connectivity index (χ4n) is 2.39. The molecule has 18 heavy (non-hydrogen) atoms. The average Bonchev–Trinajstić information content (AvgIpc) is 2.39. The van der Waals surface area contributed by atoms with Gasteiger partial charge in [-0.15, -0.1) is 0 Å². The van der Waals surface area contributed by atoms with E-state index in [0.29, 0.717) is 17.7 Å². The molecule has 90 valence electrons. The summed E-state index contributed by atoms with van der Waals surface area (Å²) in [5.41, 5.74) is 2.96. The maximum atomic E-state index is 12.1. The van der Waals surface area contributed by atoms with E-state index in [-0.39, 0.29) is 11.9 Å². The Kier molecular flexibility index (Phi) is 2.63. The highest BCUT2D eigenvalue weighted by molar-refractivity contribution is 5.99. The van der Waals surface area contributed by atoms with Crippen LogP contribution in [0.2, 0.25) is 0 Å². The molecular weight excluding hydrogens is 224 g/mol. The zero-order valence-electron chi connectivity index (χ0n) is 10.2. The molecule has 1 unspecified atom stereocenters. The van der Waals surface area contributed by atoms with Gasteiger partial charge in [0.05, 0.1) is 12.0 Å². The fourth-order valence-corrected chi connectivity index (χ4v) is 2.39. The molecule has 2 aromatic rings. The van der Waals surface area contributed by atoms with Gasteiger partial charge < -0.3 is 4.74 Å². The number of fused-ring (bicyclic) bond motifs is 1. The van der Waals surface area contributed by atoms with Crippen molar-refractivity contribution in [2.75, 3.05) is 0 Å². The van der Waals surface area contributed by atoms with E-state index in [0.717, 1.165) is 11.1 Å². The summed E-state index contributed by atoms with van der Waals surface area (Å²) in [5.74, 6) is 0.854. The number of rotatable bonds is 1. The van der Waals surface area contributed by atoms with E-state index in [1.807, 2.05) is 55.5 Å². The van der Waals surface area contributed by atoms with Crippen molar-refractivity contribution in [1.29, 1.82) is 0 Å². The number of ether oxygens (including phenoxy) is 1. The molecule has 0 spiro atoms. The number of para-hydroxylation sites is 1. The van der Waals surface area contributed by atoms with Crippen LogP contribution >= 0.6 is 0 Å². The van der Waals surface area contributed by atoms with Gasteiger partial charge in [0, 0.05) is 0 Å². The molecule has 0 amide bonds. The Morgan fingerprint density at radius 2 is 1.78 bits per heavy atom. The molecule has 1 heterocycles. The third-order valence-electron chi connectivity index (χ3n) is 3.36. The molecule has 1 aliphatic rings. The zero-order valence-corrected chi connectivity index (χ0v) is 10.2. The van der Waals surface area contributed by atoms with Crippen LogP contribution in [0.1, 0.15) is 34.0 Å². The second kappa shape index (κ2) is 4.30. The van der Waals surface area contributed by atoms with Gasteiger partial charge in [-0.25, -0.2) is 0 Å². The van der Waals surface area contributed by atoms with Crippen molar-refractivity contribution in [1.82, 2.24) is 0 Å². The number of Topliss-reactive ketones (excluding diaryl/α,β-unsaturated/α-hetero) is 1. The minimum absolute atomic E-state index is 0.158. The van der Waals surface area contributed by atoms with Crippen LogP contribution in [-0.4, -0.2) is 5.78 Å². The van der Waals surface area contributed by atoms with Crippen LogP contribution in [0, 0.1) is 6.92 Å². The molecular formula is C16H14O2. The summed E-state index contributed by atoms with van der Waals surface area (Å²) in [7, 11) is 0. The highest BCUT2D eigenvalue weighted by atomic mass is 16.5. The molecule has 1 aliphatic heterocycles. The molecule has 1 atom stereocenters. The predicted molar refractivity (Wildman–Crippen MR) is 69.9 cm³/mol. The average molecular weight is 238 g/mol. The van der Waals surface area contributed by atoms with Crippen molar-refractivity contribution in [3.8, 4) is 5.75 Å². The number of hydrogen-bond donors (Lipinski definition) is 0. The first-order chi connectivity index (χ1) is 8.75. The number of hydrogen-bond acceptors (Lipinski definition) is 2. The summed E-state index contributed by atoms with van der Waals surface area (Å²) < 4.78 is 5.95. The third-order valence-corrected chi connectivity index (χ3v) is 3.36. The summed E-state index contributed by atoms with van der Waals surface area (Å²) in [5, 5.41) is 0. The minimum atomic E-state index is -0.159. The second-order valence-corrected chi connectivity index (χ2v) is 4.59. The van der Waals surface area contributed by atoms with Gasteiger partial charge in [-0.1, -0.05) is 36.4 Å². The fraction of sp³-hybridized carbons (Fsp3) is 0.188. The molecule has 0 fully saturated rings. The van der Waals surface area contributed by atoms with Crippen LogP contribution in [0.5, 0.6) is 5.75 Å².